The molecule has 1 amide bonds. The van der Waals surface area contributed by atoms with Gasteiger partial charge in [0.1, 0.15) is 11.6 Å². The van der Waals surface area contributed by atoms with E-state index in [-0.39, 0.29) is 11.7 Å². The Hall–Kier alpha value is -3.52. The number of allylic oxidation sites excluding steroid dienone is 5. The Bertz CT molecular complexity index is 1220. The van der Waals surface area contributed by atoms with E-state index in [0.29, 0.717) is 31.1 Å². The molecule has 2 aromatic rings. The van der Waals surface area contributed by atoms with E-state index in [4.69, 9.17) is 4.98 Å². The molecule has 0 aliphatic heterocycles. The summed E-state index contributed by atoms with van der Waals surface area (Å²) in [7, 11) is 0. The number of aryl methyl sites for hydroxylation is 1. The molecule has 8 heteroatoms. The standard InChI is InChI=1S/C31H42F2N4O2/c1-9-26(39-31(8,32)33)15-13-23(6)11-10-12-30(38)35-25-14-16-28-27(20-25)24(7)19-29(36-28)34-17-18-37(21(2)3)22(4)5/h9-10,12-16,19-22H,1,11,17-18H2,2-8H3,(H,34,36)(H,35,38)/b12-10+,23-13+,26-15+. The quantitative estimate of drug-likeness (QED) is 0.147. The maximum Gasteiger partial charge on any atom is 0.394 e. The molecule has 2 N–H and O–H groups in total. The van der Waals surface area contributed by atoms with E-state index in [1.807, 2.05) is 38.1 Å². The molecule has 0 aliphatic rings. The number of hydrogen-bond acceptors (Lipinski definition) is 5. The SMILES string of the molecule is C=C/C(=C\C=C(/C)C/C=C/C(=O)Nc1ccc2nc(NCCN(C(C)C)C(C)C)cc(C)c2c1)OC(C)(F)F. The number of nitrogens with one attached hydrogen (secondary N) is 2. The molecule has 0 saturated heterocycles. The molecule has 0 radical (unpaired) electrons. The van der Waals surface area contributed by atoms with Crippen molar-refractivity contribution in [3.05, 3.63) is 78.1 Å². The number of pyridine rings is 1. The number of fused-ring (bicyclic) bond motifs is 1. The first-order valence-corrected chi connectivity index (χ1v) is 13.2. The smallest absolute Gasteiger partial charge is 0.394 e. The number of halogens is 2. The summed E-state index contributed by atoms with van der Waals surface area (Å²) in [6.07, 6.45) is 4.65. The van der Waals surface area contributed by atoms with Gasteiger partial charge in [0.2, 0.25) is 5.91 Å². The maximum atomic E-state index is 13.0. The van der Waals surface area contributed by atoms with Crippen molar-refractivity contribution in [1.82, 2.24) is 9.88 Å². The highest BCUT2D eigenvalue weighted by atomic mass is 19.3. The molecule has 0 bridgehead atoms. The summed E-state index contributed by atoms with van der Waals surface area (Å²) < 4.78 is 30.5. The average molecular weight is 541 g/mol. The molecule has 2 rings (SSSR count). The van der Waals surface area contributed by atoms with Gasteiger partial charge in [0.25, 0.3) is 0 Å². The summed E-state index contributed by atoms with van der Waals surface area (Å²) in [5.41, 5.74) is 3.46. The summed E-state index contributed by atoms with van der Waals surface area (Å²) in [5, 5.41) is 7.29. The fourth-order valence-corrected chi connectivity index (χ4v) is 4.17. The molecule has 1 aromatic carbocycles. The lowest BCUT2D eigenvalue weighted by Gasteiger charge is -2.30. The van der Waals surface area contributed by atoms with Gasteiger partial charge in [0.05, 0.1) is 5.52 Å². The predicted molar refractivity (Wildman–Crippen MR) is 158 cm³/mol. The lowest BCUT2D eigenvalue weighted by atomic mass is 10.1. The van der Waals surface area contributed by atoms with Crippen LogP contribution < -0.4 is 10.6 Å². The Morgan fingerprint density at radius 2 is 1.87 bits per heavy atom. The molecule has 0 saturated carbocycles. The maximum absolute atomic E-state index is 13.0. The topological polar surface area (TPSA) is 66.5 Å². The van der Waals surface area contributed by atoms with Crippen LogP contribution in [0.3, 0.4) is 0 Å². The lowest BCUT2D eigenvalue weighted by molar-refractivity contribution is -0.195. The van der Waals surface area contributed by atoms with Gasteiger partial charge in [-0.15, -0.1) is 0 Å². The molecule has 1 heterocycles. The van der Waals surface area contributed by atoms with Gasteiger partial charge >= 0.3 is 6.11 Å². The zero-order valence-electron chi connectivity index (χ0n) is 24.1. The average Bonchev–Trinajstić information content (AvgIpc) is 2.83. The lowest BCUT2D eigenvalue weighted by Crippen LogP contribution is -2.40. The predicted octanol–water partition coefficient (Wildman–Crippen LogP) is 7.60. The Balaban J connectivity index is 1.98. The summed E-state index contributed by atoms with van der Waals surface area (Å²) in [4.78, 5) is 19.6. The molecule has 6 nitrogen and oxygen atoms in total. The first-order valence-electron chi connectivity index (χ1n) is 13.2. The highest BCUT2D eigenvalue weighted by molar-refractivity contribution is 6.01. The number of rotatable bonds is 14. The van der Waals surface area contributed by atoms with Crippen LogP contribution in [0.25, 0.3) is 10.9 Å². The van der Waals surface area contributed by atoms with Gasteiger partial charge < -0.3 is 15.4 Å². The molecular formula is C31H42F2N4O2. The van der Waals surface area contributed by atoms with Crippen molar-refractivity contribution in [3.8, 4) is 0 Å². The van der Waals surface area contributed by atoms with E-state index >= 15 is 0 Å². The Labute approximate surface area is 231 Å². The third kappa shape index (κ3) is 11.0. The minimum atomic E-state index is -3.28. The third-order valence-electron chi connectivity index (χ3n) is 6.03. The first-order chi connectivity index (χ1) is 18.3. The van der Waals surface area contributed by atoms with Crippen LogP contribution in [-0.2, 0) is 9.53 Å². The minimum absolute atomic E-state index is 0.0311. The van der Waals surface area contributed by atoms with Gasteiger partial charge in [-0.3, -0.25) is 9.69 Å². The molecule has 212 valence electrons. The number of benzene rings is 1. The summed E-state index contributed by atoms with van der Waals surface area (Å²) in [5.74, 6) is 0.541. The molecule has 0 atom stereocenters. The molecule has 0 fully saturated rings. The number of ether oxygens (including phenoxy) is 1. The van der Waals surface area contributed by atoms with Gasteiger partial charge in [-0.2, -0.15) is 8.78 Å². The second-order valence-corrected chi connectivity index (χ2v) is 10.2. The second-order valence-electron chi connectivity index (χ2n) is 10.2. The molecule has 0 unspecified atom stereocenters. The van der Waals surface area contributed by atoms with Crippen LogP contribution in [0.4, 0.5) is 20.3 Å². The minimum Gasteiger partial charge on any atom is -0.433 e. The van der Waals surface area contributed by atoms with Crippen molar-refractivity contribution in [1.29, 1.82) is 0 Å². The zero-order valence-corrected chi connectivity index (χ0v) is 24.1. The van der Waals surface area contributed by atoms with Gasteiger partial charge in [-0.05, 0) is 96.0 Å². The van der Waals surface area contributed by atoms with Crippen LogP contribution in [-0.4, -0.2) is 47.1 Å². The van der Waals surface area contributed by atoms with Crippen molar-refractivity contribution < 1.29 is 18.3 Å². The molecular weight excluding hydrogens is 498 g/mol. The highest BCUT2D eigenvalue weighted by Crippen LogP contribution is 2.24. The molecule has 1 aromatic heterocycles. The van der Waals surface area contributed by atoms with Crippen molar-refractivity contribution in [3.63, 3.8) is 0 Å². The van der Waals surface area contributed by atoms with Crippen LogP contribution in [0.15, 0.2) is 72.6 Å². The summed E-state index contributed by atoms with van der Waals surface area (Å²) >= 11 is 0. The number of alkyl halides is 2. The van der Waals surface area contributed by atoms with E-state index in [1.54, 1.807) is 12.2 Å². The number of nitrogens with zero attached hydrogens (tertiary/aromatic N) is 2. The van der Waals surface area contributed by atoms with Crippen molar-refractivity contribution >= 4 is 28.3 Å². The Morgan fingerprint density at radius 1 is 1.18 bits per heavy atom. The zero-order chi connectivity index (χ0) is 29.2. The van der Waals surface area contributed by atoms with Crippen molar-refractivity contribution in [2.75, 3.05) is 23.7 Å². The van der Waals surface area contributed by atoms with Crippen LogP contribution in [0, 0.1) is 6.92 Å². The number of hydrogen-bond donors (Lipinski definition) is 2. The van der Waals surface area contributed by atoms with Gasteiger partial charge in [0.15, 0.2) is 0 Å². The molecule has 0 spiro atoms. The van der Waals surface area contributed by atoms with Crippen LogP contribution in [0.1, 0.15) is 53.5 Å². The number of carbonyl (C=O) groups excluding carboxylic acids is 1. The van der Waals surface area contributed by atoms with Crippen molar-refractivity contribution in [2.24, 2.45) is 0 Å². The fraction of sp³-hybridized carbons (Fsp3) is 0.419. The van der Waals surface area contributed by atoms with Crippen LogP contribution in [0.2, 0.25) is 0 Å². The van der Waals surface area contributed by atoms with Gasteiger partial charge in [0, 0.05) is 43.2 Å². The van der Waals surface area contributed by atoms with Gasteiger partial charge in [-0.25, -0.2) is 4.98 Å². The Morgan fingerprint density at radius 3 is 2.49 bits per heavy atom. The highest BCUT2D eigenvalue weighted by Gasteiger charge is 2.23. The summed E-state index contributed by atoms with van der Waals surface area (Å²) in [6.45, 7) is 18.6. The Kier molecular flexibility index (Phi) is 11.9. The second kappa shape index (κ2) is 14.6. The summed E-state index contributed by atoms with van der Waals surface area (Å²) in [6, 6.07) is 8.64. The van der Waals surface area contributed by atoms with Crippen molar-refractivity contribution in [2.45, 2.75) is 73.1 Å². The van der Waals surface area contributed by atoms with E-state index in [9.17, 15) is 13.6 Å². The van der Waals surface area contributed by atoms with E-state index < -0.39 is 6.11 Å². The third-order valence-corrected chi connectivity index (χ3v) is 6.03. The molecule has 39 heavy (non-hydrogen) atoms. The number of carbonyl (C=O) groups is 1. The van der Waals surface area contributed by atoms with Gasteiger partial charge in [-0.1, -0.05) is 24.3 Å². The number of amides is 1. The normalized spacial score (nSPS) is 13.1. The number of aromatic nitrogens is 1. The van der Waals surface area contributed by atoms with E-state index in [0.717, 1.165) is 40.9 Å². The van der Waals surface area contributed by atoms with E-state index in [2.05, 4.69) is 54.5 Å². The fourth-order valence-electron chi connectivity index (χ4n) is 4.17. The first kappa shape index (κ1) is 31.7. The monoisotopic (exact) mass is 540 g/mol. The van der Waals surface area contributed by atoms with Crippen LogP contribution >= 0.6 is 0 Å². The number of anilines is 2. The largest absolute Gasteiger partial charge is 0.433 e. The van der Waals surface area contributed by atoms with Crippen LogP contribution in [0.5, 0.6) is 0 Å². The molecule has 0 aliphatic carbocycles. The van der Waals surface area contributed by atoms with E-state index in [1.165, 1.54) is 18.2 Å².